The molecule has 1 aromatic carbocycles. The standard InChI is InChI=1S/C9H10O2/c1-7-3-2-4-8(5-7)6-9(10)11/h2-5H,6H2,1H3,(H,10,11). The second kappa shape index (κ2) is 3.19. The van der Waals surface area contributed by atoms with E-state index in [1.54, 1.807) is 0 Å². The van der Waals surface area contributed by atoms with Crippen molar-refractivity contribution in [2.24, 2.45) is 0 Å². The van der Waals surface area contributed by atoms with E-state index in [-0.39, 0.29) is 6.42 Å². The van der Waals surface area contributed by atoms with E-state index in [0.717, 1.165) is 11.1 Å². The summed E-state index contributed by atoms with van der Waals surface area (Å²) in [6, 6.07) is 7.52. The minimum absolute atomic E-state index is 0.113. The Hall–Kier alpha value is -1.31. The van der Waals surface area contributed by atoms with Gasteiger partial charge < -0.3 is 5.11 Å². The smallest absolute Gasteiger partial charge is 0.307 e. The predicted molar refractivity (Wildman–Crippen MR) is 42.5 cm³/mol. The van der Waals surface area contributed by atoms with E-state index >= 15 is 0 Å². The fourth-order valence-corrected chi connectivity index (χ4v) is 0.997. The van der Waals surface area contributed by atoms with Crippen LogP contribution in [0.25, 0.3) is 0 Å². The van der Waals surface area contributed by atoms with Crippen molar-refractivity contribution in [2.45, 2.75) is 13.3 Å². The molecule has 1 aromatic rings. The summed E-state index contributed by atoms with van der Waals surface area (Å²) in [7, 11) is 0. The number of hydrogen-bond acceptors (Lipinski definition) is 1. The average Bonchev–Trinajstić information content (AvgIpc) is 1.85. The monoisotopic (exact) mass is 150 g/mol. The second-order valence-corrected chi connectivity index (χ2v) is 2.56. The lowest BCUT2D eigenvalue weighted by molar-refractivity contribution is -0.136. The molecule has 0 aliphatic heterocycles. The Kier molecular flexibility index (Phi) is 2.26. The maximum absolute atomic E-state index is 10.3. The third-order valence-electron chi connectivity index (χ3n) is 1.44. The van der Waals surface area contributed by atoms with Crippen LogP contribution in [0.1, 0.15) is 11.1 Å². The normalized spacial score (nSPS) is 9.55. The molecule has 0 unspecified atom stereocenters. The van der Waals surface area contributed by atoms with Crippen LogP contribution in [0.15, 0.2) is 24.3 Å². The molecule has 0 spiro atoms. The first kappa shape index (κ1) is 7.79. The molecule has 0 saturated heterocycles. The minimum atomic E-state index is -0.782. The van der Waals surface area contributed by atoms with Crippen LogP contribution in [0.4, 0.5) is 0 Å². The van der Waals surface area contributed by atoms with Crippen LogP contribution < -0.4 is 0 Å². The molecule has 0 aliphatic rings. The quantitative estimate of drug-likeness (QED) is 0.695. The molecule has 2 heteroatoms. The van der Waals surface area contributed by atoms with Crippen molar-refractivity contribution >= 4 is 5.97 Å². The highest BCUT2D eigenvalue weighted by atomic mass is 16.4. The lowest BCUT2D eigenvalue weighted by Gasteiger charge is -1.96. The maximum Gasteiger partial charge on any atom is 0.307 e. The summed E-state index contributed by atoms with van der Waals surface area (Å²) in [4.78, 5) is 10.3. The van der Waals surface area contributed by atoms with Gasteiger partial charge in [-0.25, -0.2) is 0 Å². The number of rotatable bonds is 2. The number of aryl methyl sites for hydroxylation is 1. The summed E-state index contributed by atoms with van der Waals surface area (Å²) >= 11 is 0. The van der Waals surface area contributed by atoms with Gasteiger partial charge in [0.2, 0.25) is 0 Å². The Morgan fingerprint density at radius 2 is 2.27 bits per heavy atom. The Morgan fingerprint density at radius 3 is 2.82 bits per heavy atom. The predicted octanol–water partition coefficient (Wildman–Crippen LogP) is 1.62. The van der Waals surface area contributed by atoms with Gasteiger partial charge in [-0.05, 0) is 12.5 Å². The van der Waals surface area contributed by atoms with Gasteiger partial charge in [0.15, 0.2) is 0 Å². The van der Waals surface area contributed by atoms with E-state index in [1.807, 2.05) is 31.2 Å². The van der Waals surface area contributed by atoms with Crippen LogP contribution in [0.5, 0.6) is 0 Å². The van der Waals surface area contributed by atoms with E-state index < -0.39 is 5.97 Å². The summed E-state index contributed by atoms with van der Waals surface area (Å²) in [5.41, 5.74) is 1.96. The summed E-state index contributed by atoms with van der Waals surface area (Å²) in [6.45, 7) is 1.95. The fourth-order valence-electron chi connectivity index (χ4n) is 0.997. The first-order chi connectivity index (χ1) is 5.18. The zero-order chi connectivity index (χ0) is 8.27. The minimum Gasteiger partial charge on any atom is -0.481 e. The Morgan fingerprint density at radius 1 is 1.55 bits per heavy atom. The van der Waals surface area contributed by atoms with Crippen LogP contribution in [-0.2, 0) is 11.2 Å². The maximum atomic E-state index is 10.3. The van der Waals surface area contributed by atoms with E-state index in [0.29, 0.717) is 0 Å². The van der Waals surface area contributed by atoms with Crippen molar-refractivity contribution in [1.82, 2.24) is 0 Å². The molecule has 0 aromatic heterocycles. The Labute approximate surface area is 65.5 Å². The molecule has 0 aliphatic carbocycles. The van der Waals surface area contributed by atoms with Crippen LogP contribution >= 0.6 is 0 Å². The van der Waals surface area contributed by atoms with Gasteiger partial charge in [0, 0.05) is 0 Å². The third-order valence-corrected chi connectivity index (χ3v) is 1.44. The van der Waals surface area contributed by atoms with E-state index in [9.17, 15) is 4.79 Å². The van der Waals surface area contributed by atoms with Crippen molar-refractivity contribution in [1.29, 1.82) is 0 Å². The molecule has 1 rings (SSSR count). The lowest BCUT2D eigenvalue weighted by atomic mass is 10.1. The van der Waals surface area contributed by atoms with Gasteiger partial charge in [0.25, 0.3) is 0 Å². The zero-order valence-electron chi connectivity index (χ0n) is 6.37. The first-order valence-electron chi connectivity index (χ1n) is 3.46. The van der Waals surface area contributed by atoms with Crippen LogP contribution in [-0.4, -0.2) is 11.1 Å². The van der Waals surface area contributed by atoms with Crippen molar-refractivity contribution in [2.75, 3.05) is 0 Å². The Balaban J connectivity index is 2.79. The van der Waals surface area contributed by atoms with E-state index in [2.05, 4.69) is 0 Å². The number of carboxylic acids is 1. The van der Waals surface area contributed by atoms with Gasteiger partial charge >= 0.3 is 5.97 Å². The lowest BCUT2D eigenvalue weighted by Crippen LogP contribution is -1.99. The summed E-state index contributed by atoms with van der Waals surface area (Å²) in [6.07, 6.45) is 0.113. The second-order valence-electron chi connectivity index (χ2n) is 2.56. The average molecular weight is 150 g/mol. The van der Waals surface area contributed by atoms with E-state index in [4.69, 9.17) is 5.11 Å². The van der Waals surface area contributed by atoms with Crippen molar-refractivity contribution in [3.05, 3.63) is 35.4 Å². The first-order valence-corrected chi connectivity index (χ1v) is 3.46. The molecule has 0 fully saturated rings. The molecule has 1 N–H and O–H groups in total. The highest BCUT2D eigenvalue weighted by Gasteiger charge is 1.98. The topological polar surface area (TPSA) is 37.3 Å². The third kappa shape index (κ3) is 2.42. The molecule has 0 amide bonds. The molecule has 0 radical (unpaired) electrons. The van der Waals surface area contributed by atoms with Crippen LogP contribution in [0.3, 0.4) is 0 Å². The number of hydrogen-bond donors (Lipinski definition) is 1. The summed E-state index contributed by atoms with van der Waals surface area (Å²) in [5, 5.41) is 8.46. The molecular formula is C9H10O2. The number of benzene rings is 1. The largest absolute Gasteiger partial charge is 0.481 e. The number of carbonyl (C=O) groups is 1. The molecule has 2 nitrogen and oxygen atoms in total. The van der Waals surface area contributed by atoms with Crippen molar-refractivity contribution in [3.8, 4) is 0 Å². The van der Waals surface area contributed by atoms with Crippen molar-refractivity contribution in [3.63, 3.8) is 0 Å². The van der Waals surface area contributed by atoms with Gasteiger partial charge in [-0.3, -0.25) is 4.79 Å². The van der Waals surface area contributed by atoms with Crippen molar-refractivity contribution < 1.29 is 9.90 Å². The molecule has 11 heavy (non-hydrogen) atoms. The molecule has 58 valence electrons. The Bertz CT molecular complexity index is 266. The fraction of sp³-hybridized carbons (Fsp3) is 0.222. The van der Waals surface area contributed by atoms with Crippen LogP contribution in [0, 0.1) is 6.92 Å². The van der Waals surface area contributed by atoms with Gasteiger partial charge in [0.1, 0.15) is 0 Å². The molecule has 0 bridgehead atoms. The summed E-state index contributed by atoms with van der Waals surface area (Å²) in [5.74, 6) is -0.782. The van der Waals surface area contributed by atoms with E-state index in [1.165, 1.54) is 0 Å². The van der Waals surface area contributed by atoms with Gasteiger partial charge in [-0.15, -0.1) is 0 Å². The number of aliphatic carboxylic acids is 1. The zero-order valence-corrected chi connectivity index (χ0v) is 6.37. The molecule has 0 atom stereocenters. The highest BCUT2D eigenvalue weighted by molar-refractivity contribution is 5.70. The molecule has 0 heterocycles. The molecule has 0 saturated carbocycles. The van der Waals surface area contributed by atoms with Crippen LogP contribution in [0.2, 0.25) is 0 Å². The van der Waals surface area contributed by atoms with Gasteiger partial charge in [-0.2, -0.15) is 0 Å². The van der Waals surface area contributed by atoms with Gasteiger partial charge in [-0.1, -0.05) is 29.8 Å². The highest BCUT2D eigenvalue weighted by Crippen LogP contribution is 2.03. The molecular weight excluding hydrogens is 140 g/mol. The van der Waals surface area contributed by atoms with Gasteiger partial charge in [0.05, 0.1) is 6.42 Å². The SMILES string of the molecule is Cc1cccc(CC(=O)O)c1. The number of carboxylic acid groups (broad SMARTS) is 1. The summed E-state index contributed by atoms with van der Waals surface area (Å²) < 4.78 is 0.